The summed E-state index contributed by atoms with van der Waals surface area (Å²) in [6.45, 7) is 1.27. The number of benzene rings is 2. The summed E-state index contributed by atoms with van der Waals surface area (Å²) in [5.41, 5.74) is 2.00. The van der Waals surface area contributed by atoms with Crippen molar-refractivity contribution in [1.29, 1.82) is 0 Å². The maximum absolute atomic E-state index is 12.2. The lowest BCUT2D eigenvalue weighted by Gasteiger charge is -2.14. The largest absolute Gasteiger partial charge is 0.497 e. The zero-order valence-corrected chi connectivity index (χ0v) is 12.7. The summed E-state index contributed by atoms with van der Waals surface area (Å²) in [4.78, 5) is 25.5. The summed E-state index contributed by atoms with van der Waals surface area (Å²) >= 11 is 0. The zero-order valence-electron chi connectivity index (χ0n) is 12.7. The van der Waals surface area contributed by atoms with E-state index in [-0.39, 0.29) is 11.9 Å². The molecule has 3 amide bonds. The number of nitrogens with one attached hydrogen (secondary N) is 2. The molecule has 1 heterocycles. The lowest BCUT2D eigenvalue weighted by molar-refractivity contribution is 0.102. The van der Waals surface area contributed by atoms with Crippen molar-refractivity contribution in [2.24, 2.45) is 0 Å². The van der Waals surface area contributed by atoms with Crippen molar-refractivity contribution in [2.75, 3.05) is 30.4 Å². The highest BCUT2D eigenvalue weighted by Gasteiger charge is 2.21. The van der Waals surface area contributed by atoms with Crippen LogP contribution in [0.4, 0.5) is 16.2 Å². The van der Waals surface area contributed by atoms with Crippen LogP contribution in [0.2, 0.25) is 0 Å². The number of anilines is 2. The fourth-order valence-corrected chi connectivity index (χ4v) is 2.39. The number of nitrogens with zero attached hydrogens (tertiary/aromatic N) is 1. The third-order valence-electron chi connectivity index (χ3n) is 3.65. The second-order valence-corrected chi connectivity index (χ2v) is 5.11. The van der Waals surface area contributed by atoms with E-state index in [9.17, 15) is 9.59 Å². The van der Waals surface area contributed by atoms with Crippen LogP contribution >= 0.6 is 0 Å². The van der Waals surface area contributed by atoms with Gasteiger partial charge in [0.2, 0.25) is 0 Å². The minimum absolute atomic E-state index is 0.111. The molecule has 118 valence electrons. The van der Waals surface area contributed by atoms with Crippen molar-refractivity contribution in [1.82, 2.24) is 5.32 Å². The van der Waals surface area contributed by atoms with Crippen LogP contribution in [0, 0.1) is 0 Å². The van der Waals surface area contributed by atoms with E-state index in [4.69, 9.17) is 4.74 Å². The van der Waals surface area contributed by atoms with Gasteiger partial charge in [0, 0.05) is 30.0 Å². The van der Waals surface area contributed by atoms with Crippen LogP contribution in [0.5, 0.6) is 5.75 Å². The van der Waals surface area contributed by atoms with Crippen molar-refractivity contribution >= 4 is 23.3 Å². The molecule has 2 aromatic carbocycles. The number of methoxy groups -OCH3 is 1. The highest BCUT2D eigenvalue weighted by Crippen LogP contribution is 2.19. The SMILES string of the molecule is COc1ccc(NC(=O)c2ccc(N3CCNC3=O)cc2)cc1. The molecular formula is C17H17N3O3. The van der Waals surface area contributed by atoms with E-state index >= 15 is 0 Å². The van der Waals surface area contributed by atoms with Gasteiger partial charge in [-0.2, -0.15) is 0 Å². The molecule has 6 nitrogen and oxygen atoms in total. The van der Waals surface area contributed by atoms with Crippen molar-refractivity contribution < 1.29 is 14.3 Å². The van der Waals surface area contributed by atoms with Gasteiger partial charge in [-0.25, -0.2) is 4.79 Å². The topological polar surface area (TPSA) is 70.7 Å². The summed E-state index contributed by atoms with van der Waals surface area (Å²) in [5, 5.41) is 5.56. The summed E-state index contributed by atoms with van der Waals surface area (Å²) in [6, 6.07) is 14.0. The highest BCUT2D eigenvalue weighted by atomic mass is 16.5. The molecule has 1 aliphatic rings. The molecule has 2 N–H and O–H groups in total. The van der Waals surface area contributed by atoms with Crippen molar-refractivity contribution in [2.45, 2.75) is 0 Å². The van der Waals surface area contributed by atoms with E-state index in [1.54, 1.807) is 60.5 Å². The number of hydrogen-bond donors (Lipinski definition) is 2. The molecule has 0 unspecified atom stereocenters. The fraction of sp³-hybridized carbons (Fsp3) is 0.176. The molecule has 0 bridgehead atoms. The molecule has 0 radical (unpaired) electrons. The van der Waals surface area contributed by atoms with Crippen LogP contribution in [-0.4, -0.2) is 32.1 Å². The number of urea groups is 1. The molecule has 1 saturated heterocycles. The number of amides is 3. The second-order valence-electron chi connectivity index (χ2n) is 5.11. The first-order valence-corrected chi connectivity index (χ1v) is 7.28. The molecule has 1 fully saturated rings. The van der Waals surface area contributed by atoms with Crippen LogP contribution in [0.25, 0.3) is 0 Å². The van der Waals surface area contributed by atoms with Crippen LogP contribution in [0.15, 0.2) is 48.5 Å². The molecular weight excluding hydrogens is 294 g/mol. The van der Waals surface area contributed by atoms with Gasteiger partial charge >= 0.3 is 6.03 Å². The number of hydrogen-bond acceptors (Lipinski definition) is 3. The third kappa shape index (κ3) is 3.26. The monoisotopic (exact) mass is 311 g/mol. The average molecular weight is 311 g/mol. The van der Waals surface area contributed by atoms with Crippen LogP contribution in [-0.2, 0) is 0 Å². The Bertz CT molecular complexity index is 711. The van der Waals surface area contributed by atoms with Gasteiger partial charge in [0.1, 0.15) is 5.75 Å². The Kier molecular flexibility index (Phi) is 4.14. The van der Waals surface area contributed by atoms with Crippen molar-refractivity contribution in [3.8, 4) is 5.75 Å². The Labute approximate surface area is 134 Å². The third-order valence-corrected chi connectivity index (χ3v) is 3.65. The number of ether oxygens (including phenoxy) is 1. The Morgan fingerprint density at radius 1 is 1.13 bits per heavy atom. The highest BCUT2D eigenvalue weighted by molar-refractivity contribution is 6.04. The summed E-state index contributed by atoms with van der Waals surface area (Å²) in [6.07, 6.45) is 0. The molecule has 0 aromatic heterocycles. The lowest BCUT2D eigenvalue weighted by atomic mass is 10.1. The Morgan fingerprint density at radius 2 is 1.83 bits per heavy atom. The van der Waals surface area contributed by atoms with Gasteiger partial charge in [-0.1, -0.05) is 0 Å². The number of carbonyl (C=O) groups excluding carboxylic acids is 2. The standard InChI is InChI=1S/C17H17N3O3/c1-23-15-8-4-13(5-9-15)19-16(21)12-2-6-14(7-3-12)20-11-10-18-17(20)22/h2-9H,10-11H2,1H3,(H,18,22)(H,19,21). The molecule has 23 heavy (non-hydrogen) atoms. The van der Waals surface area contributed by atoms with Gasteiger partial charge in [0.05, 0.1) is 7.11 Å². The van der Waals surface area contributed by atoms with Gasteiger partial charge in [-0.05, 0) is 48.5 Å². The maximum atomic E-state index is 12.2. The molecule has 1 aliphatic heterocycles. The van der Waals surface area contributed by atoms with Crippen LogP contribution in [0.3, 0.4) is 0 Å². The molecule has 0 atom stereocenters. The van der Waals surface area contributed by atoms with E-state index in [0.717, 1.165) is 11.4 Å². The van der Waals surface area contributed by atoms with Gasteiger partial charge in [-0.3, -0.25) is 9.69 Å². The van der Waals surface area contributed by atoms with E-state index in [1.165, 1.54) is 0 Å². The summed E-state index contributed by atoms with van der Waals surface area (Å²) in [7, 11) is 1.59. The normalized spacial score (nSPS) is 13.6. The summed E-state index contributed by atoms with van der Waals surface area (Å²) in [5.74, 6) is 0.531. The van der Waals surface area contributed by atoms with E-state index in [2.05, 4.69) is 10.6 Å². The number of rotatable bonds is 4. The Hall–Kier alpha value is -3.02. The smallest absolute Gasteiger partial charge is 0.321 e. The first kappa shape index (κ1) is 14.9. The van der Waals surface area contributed by atoms with E-state index in [1.807, 2.05) is 0 Å². The van der Waals surface area contributed by atoms with Gasteiger partial charge in [0.15, 0.2) is 0 Å². The quantitative estimate of drug-likeness (QED) is 0.911. The lowest BCUT2D eigenvalue weighted by Crippen LogP contribution is -2.27. The fourth-order valence-electron chi connectivity index (χ4n) is 2.39. The van der Waals surface area contributed by atoms with Crippen LogP contribution < -0.4 is 20.3 Å². The zero-order chi connectivity index (χ0) is 16.2. The van der Waals surface area contributed by atoms with E-state index in [0.29, 0.717) is 24.3 Å². The predicted molar refractivity (Wildman–Crippen MR) is 88.1 cm³/mol. The van der Waals surface area contributed by atoms with Gasteiger partial charge < -0.3 is 15.4 Å². The van der Waals surface area contributed by atoms with Crippen LogP contribution in [0.1, 0.15) is 10.4 Å². The van der Waals surface area contributed by atoms with Gasteiger partial charge in [-0.15, -0.1) is 0 Å². The van der Waals surface area contributed by atoms with E-state index < -0.39 is 0 Å². The first-order valence-electron chi connectivity index (χ1n) is 7.28. The Balaban J connectivity index is 1.68. The molecule has 6 heteroatoms. The molecule has 0 aliphatic carbocycles. The first-order chi connectivity index (χ1) is 11.2. The average Bonchev–Trinajstić information content (AvgIpc) is 3.02. The number of carbonyl (C=O) groups is 2. The maximum Gasteiger partial charge on any atom is 0.321 e. The summed E-state index contributed by atoms with van der Waals surface area (Å²) < 4.78 is 5.08. The second kappa shape index (κ2) is 6.39. The Morgan fingerprint density at radius 3 is 2.39 bits per heavy atom. The molecule has 0 spiro atoms. The van der Waals surface area contributed by atoms with Crippen molar-refractivity contribution in [3.05, 3.63) is 54.1 Å². The molecule has 3 rings (SSSR count). The minimum atomic E-state index is -0.201. The molecule has 2 aromatic rings. The van der Waals surface area contributed by atoms with Crippen molar-refractivity contribution in [3.63, 3.8) is 0 Å². The molecule has 0 saturated carbocycles. The van der Waals surface area contributed by atoms with Gasteiger partial charge in [0.25, 0.3) is 5.91 Å². The predicted octanol–water partition coefficient (Wildman–Crippen LogP) is 2.48. The minimum Gasteiger partial charge on any atom is -0.497 e.